The quantitative estimate of drug-likeness (QED) is 0.815. The Morgan fingerprint density at radius 3 is 2.89 bits per heavy atom. The highest BCUT2D eigenvalue weighted by molar-refractivity contribution is 7.80. The second-order valence-electron chi connectivity index (χ2n) is 4.67. The van der Waals surface area contributed by atoms with E-state index in [0.717, 1.165) is 17.7 Å². The minimum Gasteiger partial charge on any atom is -0.368 e. The Hall–Kier alpha value is -1.26. The first kappa shape index (κ1) is 13.2. The van der Waals surface area contributed by atoms with E-state index in [1.165, 1.54) is 11.1 Å². The number of nitrogens with two attached hydrogens (primary N) is 1. The lowest BCUT2D eigenvalue weighted by Gasteiger charge is -2.32. The van der Waals surface area contributed by atoms with E-state index in [4.69, 9.17) is 18.0 Å². The molecule has 0 saturated carbocycles. The van der Waals surface area contributed by atoms with Crippen molar-refractivity contribution in [2.75, 3.05) is 0 Å². The van der Waals surface area contributed by atoms with Gasteiger partial charge in [-0.15, -0.1) is 0 Å². The van der Waals surface area contributed by atoms with Crippen LogP contribution in [0.5, 0.6) is 0 Å². The second kappa shape index (κ2) is 5.59. The fraction of sp³-hybridized carbons (Fsp3) is 0.429. The lowest BCUT2D eigenvalue weighted by Crippen LogP contribution is -2.49. The molecule has 18 heavy (non-hydrogen) atoms. The SMILES string of the molecule is CCCC(=S)C1NC(C(N)=O)Cc2ccccc21. The Labute approximate surface area is 113 Å². The standard InChI is InChI=1S/C14H18N2OS/c1-2-5-12(18)13-10-7-4-3-6-9(10)8-11(16-13)14(15)17/h3-4,6-7,11,13,16H,2,5,8H2,1H3,(H2,15,17). The minimum absolute atomic E-state index is 0.0256. The Bertz CT molecular complexity index is 473. The van der Waals surface area contributed by atoms with Crippen molar-refractivity contribution in [3.8, 4) is 0 Å². The molecule has 2 rings (SSSR count). The normalized spacial score (nSPS) is 22.3. The molecular formula is C14H18N2OS. The number of nitrogens with one attached hydrogen (secondary N) is 1. The van der Waals surface area contributed by atoms with Crippen molar-refractivity contribution < 1.29 is 4.79 Å². The number of primary amides is 1. The van der Waals surface area contributed by atoms with Gasteiger partial charge in [0.15, 0.2) is 0 Å². The fourth-order valence-electron chi connectivity index (χ4n) is 2.41. The molecule has 4 heteroatoms. The van der Waals surface area contributed by atoms with E-state index in [1.807, 2.05) is 18.2 Å². The Morgan fingerprint density at radius 1 is 1.50 bits per heavy atom. The van der Waals surface area contributed by atoms with Crippen LogP contribution >= 0.6 is 12.2 Å². The lowest BCUT2D eigenvalue weighted by atomic mass is 9.87. The van der Waals surface area contributed by atoms with Crippen LogP contribution in [0.1, 0.15) is 36.9 Å². The Morgan fingerprint density at radius 2 is 2.22 bits per heavy atom. The van der Waals surface area contributed by atoms with Gasteiger partial charge in [-0.25, -0.2) is 0 Å². The second-order valence-corrected chi connectivity index (χ2v) is 5.20. The van der Waals surface area contributed by atoms with Crippen molar-refractivity contribution >= 4 is 23.0 Å². The van der Waals surface area contributed by atoms with Crippen LogP contribution in [0, 0.1) is 0 Å². The van der Waals surface area contributed by atoms with Crippen LogP contribution in [0.15, 0.2) is 24.3 Å². The number of carbonyl (C=O) groups is 1. The zero-order valence-corrected chi connectivity index (χ0v) is 11.3. The van der Waals surface area contributed by atoms with Gasteiger partial charge >= 0.3 is 0 Å². The molecule has 0 aliphatic carbocycles. The topological polar surface area (TPSA) is 55.1 Å². The Kier molecular flexibility index (Phi) is 4.09. The highest BCUT2D eigenvalue weighted by Gasteiger charge is 2.30. The van der Waals surface area contributed by atoms with Crippen LogP contribution in [0.25, 0.3) is 0 Å². The fourth-order valence-corrected chi connectivity index (χ4v) is 2.81. The first-order valence-electron chi connectivity index (χ1n) is 6.29. The molecule has 1 aliphatic heterocycles. The monoisotopic (exact) mass is 262 g/mol. The number of amides is 1. The van der Waals surface area contributed by atoms with Gasteiger partial charge in [0.1, 0.15) is 0 Å². The van der Waals surface area contributed by atoms with Crippen molar-refractivity contribution in [2.24, 2.45) is 5.73 Å². The van der Waals surface area contributed by atoms with Crippen molar-refractivity contribution in [1.29, 1.82) is 0 Å². The zero-order chi connectivity index (χ0) is 13.1. The molecule has 1 aromatic rings. The number of carbonyl (C=O) groups excluding carboxylic acids is 1. The van der Waals surface area contributed by atoms with E-state index < -0.39 is 0 Å². The molecule has 0 aromatic heterocycles. The van der Waals surface area contributed by atoms with Crippen molar-refractivity contribution in [3.05, 3.63) is 35.4 Å². The molecule has 2 unspecified atom stereocenters. The first-order valence-corrected chi connectivity index (χ1v) is 6.70. The number of rotatable bonds is 4. The maximum Gasteiger partial charge on any atom is 0.234 e. The number of thiocarbonyl (C=S) groups is 1. The van der Waals surface area contributed by atoms with Gasteiger partial charge in [0.2, 0.25) is 5.91 Å². The summed E-state index contributed by atoms with van der Waals surface area (Å²) < 4.78 is 0. The third-order valence-electron chi connectivity index (χ3n) is 3.32. The van der Waals surface area contributed by atoms with Gasteiger partial charge in [0, 0.05) is 4.86 Å². The van der Waals surface area contributed by atoms with Crippen LogP contribution in [0.2, 0.25) is 0 Å². The average molecular weight is 262 g/mol. The van der Waals surface area contributed by atoms with Gasteiger partial charge in [0.05, 0.1) is 12.1 Å². The number of hydrogen-bond acceptors (Lipinski definition) is 3. The lowest BCUT2D eigenvalue weighted by molar-refractivity contribution is -0.120. The molecule has 1 amide bonds. The van der Waals surface area contributed by atoms with Gasteiger partial charge < -0.3 is 5.73 Å². The van der Waals surface area contributed by atoms with Gasteiger partial charge in [-0.05, 0) is 24.0 Å². The molecule has 1 aromatic carbocycles. The summed E-state index contributed by atoms with van der Waals surface area (Å²) in [6.07, 6.45) is 2.55. The van der Waals surface area contributed by atoms with Crippen molar-refractivity contribution in [1.82, 2.24) is 5.32 Å². The van der Waals surface area contributed by atoms with Crippen LogP contribution in [-0.4, -0.2) is 16.8 Å². The summed E-state index contributed by atoms with van der Waals surface area (Å²) in [5.74, 6) is -0.311. The molecule has 3 N–H and O–H groups in total. The van der Waals surface area contributed by atoms with Gasteiger partial charge in [-0.2, -0.15) is 0 Å². The molecule has 96 valence electrons. The van der Waals surface area contributed by atoms with Gasteiger partial charge in [0.25, 0.3) is 0 Å². The third-order valence-corrected chi connectivity index (χ3v) is 3.76. The van der Waals surface area contributed by atoms with Crippen LogP contribution < -0.4 is 11.1 Å². The number of hydrogen-bond donors (Lipinski definition) is 2. The first-order chi connectivity index (χ1) is 8.63. The average Bonchev–Trinajstić information content (AvgIpc) is 2.37. The maximum atomic E-state index is 11.4. The van der Waals surface area contributed by atoms with E-state index in [1.54, 1.807) is 0 Å². The van der Waals surface area contributed by atoms with Crippen LogP contribution in [0.3, 0.4) is 0 Å². The molecule has 0 saturated heterocycles. The molecule has 0 spiro atoms. The number of fused-ring (bicyclic) bond motifs is 1. The zero-order valence-electron chi connectivity index (χ0n) is 10.5. The number of benzene rings is 1. The van der Waals surface area contributed by atoms with E-state index in [2.05, 4.69) is 18.3 Å². The molecule has 1 heterocycles. The maximum absolute atomic E-state index is 11.4. The Balaban J connectivity index is 2.33. The highest BCUT2D eigenvalue weighted by atomic mass is 32.1. The predicted octanol–water partition coefficient (Wildman–Crippen LogP) is 1.90. The van der Waals surface area contributed by atoms with Crippen molar-refractivity contribution in [3.63, 3.8) is 0 Å². The summed E-state index contributed by atoms with van der Waals surface area (Å²) in [6.45, 7) is 2.10. The van der Waals surface area contributed by atoms with E-state index in [9.17, 15) is 4.79 Å². The molecular weight excluding hydrogens is 244 g/mol. The smallest absolute Gasteiger partial charge is 0.234 e. The van der Waals surface area contributed by atoms with E-state index in [-0.39, 0.29) is 18.0 Å². The van der Waals surface area contributed by atoms with E-state index in [0.29, 0.717) is 6.42 Å². The van der Waals surface area contributed by atoms with Crippen LogP contribution in [0.4, 0.5) is 0 Å². The van der Waals surface area contributed by atoms with Gasteiger partial charge in [-0.3, -0.25) is 10.1 Å². The summed E-state index contributed by atoms with van der Waals surface area (Å²) in [7, 11) is 0. The van der Waals surface area contributed by atoms with Crippen LogP contribution in [-0.2, 0) is 11.2 Å². The minimum atomic E-state index is -0.320. The van der Waals surface area contributed by atoms with Gasteiger partial charge in [-0.1, -0.05) is 49.8 Å². The molecule has 3 nitrogen and oxygen atoms in total. The summed E-state index contributed by atoms with van der Waals surface area (Å²) in [6, 6.07) is 7.77. The largest absolute Gasteiger partial charge is 0.368 e. The predicted molar refractivity (Wildman–Crippen MR) is 76.5 cm³/mol. The molecule has 0 radical (unpaired) electrons. The third kappa shape index (κ3) is 2.60. The summed E-state index contributed by atoms with van der Waals surface area (Å²) >= 11 is 5.47. The molecule has 0 bridgehead atoms. The van der Waals surface area contributed by atoms with E-state index >= 15 is 0 Å². The van der Waals surface area contributed by atoms with Crippen molar-refractivity contribution in [2.45, 2.75) is 38.3 Å². The summed E-state index contributed by atoms with van der Waals surface area (Å²) in [5.41, 5.74) is 7.77. The molecule has 1 aliphatic rings. The highest BCUT2D eigenvalue weighted by Crippen LogP contribution is 2.27. The summed E-state index contributed by atoms with van der Waals surface area (Å²) in [5, 5.41) is 3.28. The molecule has 2 atom stereocenters. The summed E-state index contributed by atoms with van der Waals surface area (Å²) in [4.78, 5) is 12.4. The molecule has 0 fully saturated rings.